The largest absolute Gasteiger partial charge is 0.396 e. The Balaban J connectivity index is 2.00. The van der Waals surface area contributed by atoms with Gasteiger partial charge in [0.25, 0.3) is 0 Å². The Bertz CT molecular complexity index is 300. The zero-order valence-electron chi connectivity index (χ0n) is 7.78. The molecule has 2 rings (SSSR count). The number of aromatic nitrogens is 2. The lowest BCUT2D eigenvalue weighted by Crippen LogP contribution is -2.25. The third-order valence-corrected chi connectivity index (χ3v) is 2.42. The Morgan fingerprint density at radius 3 is 2.64 bits per heavy atom. The number of rotatable bonds is 2. The van der Waals surface area contributed by atoms with E-state index in [2.05, 4.69) is 15.3 Å². The van der Waals surface area contributed by atoms with Gasteiger partial charge in [-0.3, -0.25) is 0 Å². The molecule has 0 spiro atoms. The molecule has 0 unspecified atom stereocenters. The van der Waals surface area contributed by atoms with Crippen molar-refractivity contribution in [1.82, 2.24) is 9.97 Å². The summed E-state index contributed by atoms with van der Waals surface area (Å²) in [7, 11) is 0. The maximum absolute atomic E-state index is 13.2. The molecule has 1 aliphatic carbocycles. The minimum absolute atomic E-state index is 0.140. The number of nitrogen functional groups attached to an aromatic ring is 1. The molecular formula is C9H13FN4. The summed E-state index contributed by atoms with van der Waals surface area (Å²) < 4.78 is 13.2. The molecule has 0 aromatic carbocycles. The van der Waals surface area contributed by atoms with Gasteiger partial charge in [0.15, 0.2) is 0 Å². The molecule has 0 saturated heterocycles. The maximum atomic E-state index is 13.2. The van der Waals surface area contributed by atoms with Crippen LogP contribution < -0.4 is 11.1 Å². The molecule has 1 saturated carbocycles. The molecule has 0 radical (unpaired) electrons. The molecular weight excluding hydrogens is 183 g/mol. The molecule has 1 heterocycles. The molecule has 0 aliphatic heterocycles. The summed E-state index contributed by atoms with van der Waals surface area (Å²) >= 11 is 0. The van der Waals surface area contributed by atoms with Gasteiger partial charge in [0, 0.05) is 0 Å². The minimum atomic E-state index is -0.781. The van der Waals surface area contributed by atoms with Crippen LogP contribution in [-0.4, -0.2) is 22.2 Å². The fourth-order valence-corrected chi connectivity index (χ4v) is 1.66. The summed E-state index contributed by atoms with van der Waals surface area (Å²) in [6.07, 6.45) is 4.64. The number of alkyl halides is 1. The second-order valence-corrected chi connectivity index (χ2v) is 3.54. The molecule has 2 atom stereocenters. The smallest absolute Gasteiger partial charge is 0.223 e. The quantitative estimate of drug-likeness (QED) is 0.749. The van der Waals surface area contributed by atoms with Crippen molar-refractivity contribution in [3.8, 4) is 0 Å². The zero-order chi connectivity index (χ0) is 9.97. The standard InChI is InChI=1S/C9H13FN4/c10-7-2-1-3-8(7)14-9-12-4-6(11)5-13-9/h4-5,7-8H,1-3,11H2,(H,12,13,14)/t7-,8-/m1/s1. The summed E-state index contributed by atoms with van der Waals surface area (Å²) in [4.78, 5) is 7.92. The lowest BCUT2D eigenvalue weighted by Gasteiger charge is -2.14. The van der Waals surface area contributed by atoms with Gasteiger partial charge in [0.1, 0.15) is 6.17 Å². The highest BCUT2D eigenvalue weighted by Gasteiger charge is 2.27. The van der Waals surface area contributed by atoms with E-state index in [-0.39, 0.29) is 6.04 Å². The normalized spacial score (nSPS) is 26.4. The van der Waals surface area contributed by atoms with E-state index >= 15 is 0 Å². The van der Waals surface area contributed by atoms with E-state index in [1.165, 1.54) is 12.4 Å². The van der Waals surface area contributed by atoms with Crippen LogP contribution in [0.4, 0.5) is 16.0 Å². The lowest BCUT2D eigenvalue weighted by molar-refractivity contribution is 0.323. The molecule has 14 heavy (non-hydrogen) atoms. The first-order chi connectivity index (χ1) is 6.75. The van der Waals surface area contributed by atoms with E-state index < -0.39 is 6.17 Å². The van der Waals surface area contributed by atoms with Crippen LogP contribution in [0.1, 0.15) is 19.3 Å². The second-order valence-electron chi connectivity index (χ2n) is 3.54. The summed E-state index contributed by atoms with van der Waals surface area (Å²) in [5, 5.41) is 2.97. The Hall–Kier alpha value is -1.39. The molecule has 3 N–H and O–H groups in total. The molecule has 5 heteroatoms. The summed E-state index contributed by atoms with van der Waals surface area (Å²) in [6, 6.07) is -0.140. The SMILES string of the molecule is Nc1cnc(N[C@@H]2CCC[C@H]2F)nc1. The summed E-state index contributed by atoms with van der Waals surface area (Å²) in [5.74, 6) is 0.453. The first-order valence-electron chi connectivity index (χ1n) is 4.74. The van der Waals surface area contributed by atoms with Gasteiger partial charge in [-0.05, 0) is 19.3 Å². The molecule has 1 aromatic rings. The van der Waals surface area contributed by atoms with Gasteiger partial charge in [0.2, 0.25) is 5.95 Å². The van der Waals surface area contributed by atoms with Crippen LogP contribution in [-0.2, 0) is 0 Å². The molecule has 4 nitrogen and oxygen atoms in total. The lowest BCUT2D eigenvalue weighted by atomic mass is 10.2. The number of nitrogens with zero attached hydrogens (tertiary/aromatic N) is 2. The van der Waals surface area contributed by atoms with Gasteiger partial charge in [-0.2, -0.15) is 0 Å². The highest BCUT2D eigenvalue weighted by atomic mass is 19.1. The molecule has 76 valence electrons. The third-order valence-electron chi connectivity index (χ3n) is 2.42. The summed E-state index contributed by atoms with van der Waals surface area (Å²) in [6.45, 7) is 0. The van der Waals surface area contributed by atoms with E-state index in [9.17, 15) is 4.39 Å². The molecule has 1 aromatic heterocycles. The fraction of sp³-hybridized carbons (Fsp3) is 0.556. The number of nitrogens with two attached hydrogens (primary N) is 1. The fourth-order valence-electron chi connectivity index (χ4n) is 1.66. The van der Waals surface area contributed by atoms with Crippen molar-refractivity contribution in [1.29, 1.82) is 0 Å². The van der Waals surface area contributed by atoms with Crippen molar-refractivity contribution >= 4 is 11.6 Å². The minimum Gasteiger partial charge on any atom is -0.396 e. The number of nitrogens with one attached hydrogen (secondary N) is 1. The van der Waals surface area contributed by atoms with Crippen molar-refractivity contribution < 1.29 is 4.39 Å². The van der Waals surface area contributed by atoms with Crippen molar-refractivity contribution in [3.63, 3.8) is 0 Å². The highest BCUT2D eigenvalue weighted by Crippen LogP contribution is 2.24. The molecule has 1 fully saturated rings. The van der Waals surface area contributed by atoms with Crippen LogP contribution in [0, 0.1) is 0 Å². The molecule has 0 bridgehead atoms. The first-order valence-corrected chi connectivity index (χ1v) is 4.74. The number of hydrogen-bond donors (Lipinski definition) is 2. The zero-order valence-corrected chi connectivity index (χ0v) is 7.78. The Labute approximate surface area is 81.7 Å². The van der Waals surface area contributed by atoms with Gasteiger partial charge < -0.3 is 11.1 Å². The molecule has 0 amide bonds. The predicted molar refractivity (Wildman–Crippen MR) is 52.6 cm³/mol. The van der Waals surface area contributed by atoms with E-state index in [4.69, 9.17) is 5.73 Å². The Kier molecular flexibility index (Phi) is 2.47. The average molecular weight is 196 g/mol. The van der Waals surface area contributed by atoms with Crippen molar-refractivity contribution in [3.05, 3.63) is 12.4 Å². The number of hydrogen-bond acceptors (Lipinski definition) is 4. The van der Waals surface area contributed by atoms with Crippen molar-refractivity contribution in [2.24, 2.45) is 0 Å². The van der Waals surface area contributed by atoms with Gasteiger partial charge in [-0.1, -0.05) is 0 Å². The van der Waals surface area contributed by atoms with Crippen LogP contribution in [0.25, 0.3) is 0 Å². The van der Waals surface area contributed by atoms with Crippen LogP contribution in [0.2, 0.25) is 0 Å². The first kappa shape index (κ1) is 9.18. The average Bonchev–Trinajstić information content (AvgIpc) is 2.56. The van der Waals surface area contributed by atoms with Gasteiger partial charge in [-0.15, -0.1) is 0 Å². The van der Waals surface area contributed by atoms with E-state index in [0.29, 0.717) is 18.1 Å². The number of anilines is 2. The maximum Gasteiger partial charge on any atom is 0.223 e. The van der Waals surface area contributed by atoms with Crippen LogP contribution >= 0.6 is 0 Å². The Morgan fingerprint density at radius 2 is 2.07 bits per heavy atom. The van der Waals surface area contributed by atoms with Crippen LogP contribution in [0.3, 0.4) is 0 Å². The second kappa shape index (κ2) is 3.77. The van der Waals surface area contributed by atoms with Crippen LogP contribution in [0.5, 0.6) is 0 Å². The predicted octanol–water partition coefficient (Wildman–Crippen LogP) is 1.36. The van der Waals surface area contributed by atoms with Gasteiger partial charge in [0.05, 0.1) is 24.1 Å². The van der Waals surface area contributed by atoms with Crippen LogP contribution in [0.15, 0.2) is 12.4 Å². The Morgan fingerprint density at radius 1 is 1.36 bits per heavy atom. The van der Waals surface area contributed by atoms with Crippen molar-refractivity contribution in [2.45, 2.75) is 31.5 Å². The topological polar surface area (TPSA) is 63.8 Å². The number of halogens is 1. The summed E-state index contributed by atoms with van der Waals surface area (Å²) in [5.41, 5.74) is 5.95. The van der Waals surface area contributed by atoms with Crippen molar-refractivity contribution in [2.75, 3.05) is 11.1 Å². The molecule has 1 aliphatic rings. The van der Waals surface area contributed by atoms with E-state index in [1.54, 1.807) is 0 Å². The third kappa shape index (κ3) is 1.92. The monoisotopic (exact) mass is 196 g/mol. The highest BCUT2D eigenvalue weighted by molar-refractivity contribution is 5.36. The van der Waals surface area contributed by atoms with Gasteiger partial charge >= 0.3 is 0 Å². The van der Waals surface area contributed by atoms with E-state index in [0.717, 1.165) is 12.8 Å². The van der Waals surface area contributed by atoms with Gasteiger partial charge in [-0.25, -0.2) is 14.4 Å². The van der Waals surface area contributed by atoms with E-state index in [1.807, 2.05) is 0 Å².